The summed E-state index contributed by atoms with van der Waals surface area (Å²) in [5, 5.41) is 0.435. The molecule has 0 amide bonds. The molecule has 1 aromatic heterocycles. The van der Waals surface area contributed by atoms with Gasteiger partial charge in [0.15, 0.2) is 11.3 Å². The molecule has 0 unspecified atom stereocenters. The molecule has 0 aliphatic rings. The van der Waals surface area contributed by atoms with Gasteiger partial charge in [-0.05, 0) is 12.1 Å². The Morgan fingerprint density at radius 3 is 2.93 bits per heavy atom. The molecule has 0 saturated heterocycles. The van der Waals surface area contributed by atoms with Gasteiger partial charge in [-0.15, -0.1) is 0 Å². The zero-order valence-corrected chi connectivity index (χ0v) is 7.61. The van der Waals surface area contributed by atoms with Crippen LogP contribution in [0.2, 0.25) is 0 Å². The Hall–Kier alpha value is -1.97. The van der Waals surface area contributed by atoms with Crippen LogP contribution in [0.1, 0.15) is 0 Å². The summed E-state index contributed by atoms with van der Waals surface area (Å²) in [7, 11) is 1.52. The highest BCUT2D eigenvalue weighted by atomic mass is 16.5. The summed E-state index contributed by atoms with van der Waals surface area (Å²) in [5.74, 6) is 0.527. The van der Waals surface area contributed by atoms with Crippen LogP contribution < -0.4 is 15.9 Å². The molecule has 0 fully saturated rings. The third kappa shape index (κ3) is 1.12. The molecule has 2 aromatic rings. The SMILES string of the molecule is COc1cccc2c(=O)c(N)coc12. The number of hydrogen-bond donors (Lipinski definition) is 1. The van der Waals surface area contributed by atoms with Crippen molar-refractivity contribution in [2.45, 2.75) is 0 Å². The maximum Gasteiger partial charge on any atom is 0.215 e. The Morgan fingerprint density at radius 2 is 2.21 bits per heavy atom. The van der Waals surface area contributed by atoms with Gasteiger partial charge in [0, 0.05) is 0 Å². The van der Waals surface area contributed by atoms with Crippen molar-refractivity contribution < 1.29 is 9.15 Å². The van der Waals surface area contributed by atoms with E-state index in [1.54, 1.807) is 18.2 Å². The van der Waals surface area contributed by atoms with Crippen LogP contribution >= 0.6 is 0 Å². The lowest BCUT2D eigenvalue weighted by atomic mass is 10.2. The molecule has 1 heterocycles. The summed E-state index contributed by atoms with van der Waals surface area (Å²) in [6.07, 6.45) is 1.23. The van der Waals surface area contributed by atoms with E-state index in [9.17, 15) is 4.79 Å². The topological polar surface area (TPSA) is 65.5 Å². The minimum atomic E-state index is -0.231. The van der Waals surface area contributed by atoms with E-state index in [4.69, 9.17) is 14.9 Å². The van der Waals surface area contributed by atoms with Crippen molar-refractivity contribution in [1.29, 1.82) is 0 Å². The standard InChI is InChI=1S/C10H9NO3/c1-13-8-4-2-3-6-9(12)7(11)5-14-10(6)8/h2-5H,11H2,1H3. The lowest BCUT2D eigenvalue weighted by Crippen LogP contribution is -2.07. The molecule has 72 valence electrons. The first kappa shape index (κ1) is 8.62. The molecule has 4 nitrogen and oxygen atoms in total. The smallest absolute Gasteiger partial charge is 0.215 e. The molecule has 0 atom stereocenters. The minimum Gasteiger partial charge on any atom is -0.493 e. The van der Waals surface area contributed by atoms with Crippen molar-refractivity contribution in [3.8, 4) is 5.75 Å². The van der Waals surface area contributed by atoms with Crippen LogP contribution in [0.4, 0.5) is 5.69 Å². The molecule has 0 aliphatic carbocycles. The Balaban J connectivity index is 2.93. The normalized spacial score (nSPS) is 10.4. The molecular weight excluding hydrogens is 182 g/mol. The van der Waals surface area contributed by atoms with E-state index in [0.29, 0.717) is 16.7 Å². The summed E-state index contributed by atoms with van der Waals surface area (Å²) < 4.78 is 10.2. The van der Waals surface area contributed by atoms with Gasteiger partial charge in [0.25, 0.3) is 0 Å². The minimum absolute atomic E-state index is 0.103. The molecule has 0 spiro atoms. The number of nitrogens with two attached hydrogens (primary N) is 1. The van der Waals surface area contributed by atoms with Gasteiger partial charge in [0.05, 0.1) is 12.5 Å². The highest BCUT2D eigenvalue weighted by Gasteiger charge is 2.07. The number of methoxy groups -OCH3 is 1. The molecule has 4 heteroatoms. The van der Waals surface area contributed by atoms with Crippen LogP contribution in [0.3, 0.4) is 0 Å². The summed E-state index contributed by atoms with van der Waals surface area (Å²) in [6, 6.07) is 5.10. The second-order valence-corrected chi connectivity index (χ2v) is 2.86. The van der Waals surface area contributed by atoms with Crippen LogP contribution in [-0.4, -0.2) is 7.11 Å². The first-order valence-corrected chi connectivity index (χ1v) is 4.08. The van der Waals surface area contributed by atoms with Crippen LogP contribution in [0, 0.1) is 0 Å². The fourth-order valence-corrected chi connectivity index (χ4v) is 1.31. The number of fused-ring (bicyclic) bond motifs is 1. The quantitative estimate of drug-likeness (QED) is 0.739. The van der Waals surface area contributed by atoms with E-state index in [1.165, 1.54) is 13.4 Å². The van der Waals surface area contributed by atoms with Crippen LogP contribution in [0.25, 0.3) is 11.0 Å². The second kappa shape index (κ2) is 3.06. The molecule has 1 aromatic carbocycles. The van der Waals surface area contributed by atoms with E-state index < -0.39 is 0 Å². The van der Waals surface area contributed by atoms with Crippen molar-refractivity contribution in [3.63, 3.8) is 0 Å². The molecule has 0 radical (unpaired) electrons. The van der Waals surface area contributed by atoms with Gasteiger partial charge in [-0.2, -0.15) is 0 Å². The fourth-order valence-electron chi connectivity index (χ4n) is 1.31. The van der Waals surface area contributed by atoms with Crippen molar-refractivity contribution in [2.24, 2.45) is 0 Å². The van der Waals surface area contributed by atoms with Crippen molar-refractivity contribution >= 4 is 16.7 Å². The molecule has 0 aliphatic heterocycles. The molecule has 14 heavy (non-hydrogen) atoms. The van der Waals surface area contributed by atoms with Crippen molar-refractivity contribution in [2.75, 3.05) is 12.8 Å². The first-order chi connectivity index (χ1) is 6.74. The molecule has 0 bridgehead atoms. The number of hydrogen-bond acceptors (Lipinski definition) is 4. The van der Waals surface area contributed by atoms with E-state index in [1.807, 2.05) is 0 Å². The van der Waals surface area contributed by atoms with Gasteiger partial charge >= 0.3 is 0 Å². The zero-order valence-electron chi connectivity index (χ0n) is 7.61. The lowest BCUT2D eigenvalue weighted by Gasteiger charge is -2.03. The first-order valence-electron chi connectivity index (χ1n) is 4.08. The Bertz CT molecular complexity index is 530. The Kier molecular flexibility index (Phi) is 1.89. The summed E-state index contributed by atoms with van der Waals surface area (Å²) in [4.78, 5) is 11.6. The Morgan fingerprint density at radius 1 is 1.43 bits per heavy atom. The van der Waals surface area contributed by atoms with Crippen molar-refractivity contribution in [3.05, 3.63) is 34.7 Å². The monoisotopic (exact) mass is 191 g/mol. The summed E-state index contributed by atoms with van der Waals surface area (Å²) >= 11 is 0. The largest absolute Gasteiger partial charge is 0.493 e. The zero-order chi connectivity index (χ0) is 10.1. The number of para-hydroxylation sites is 1. The van der Waals surface area contributed by atoms with Crippen LogP contribution in [0.5, 0.6) is 5.75 Å². The van der Waals surface area contributed by atoms with Crippen LogP contribution in [-0.2, 0) is 0 Å². The van der Waals surface area contributed by atoms with Crippen molar-refractivity contribution in [1.82, 2.24) is 0 Å². The van der Waals surface area contributed by atoms with Gasteiger partial charge in [-0.1, -0.05) is 6.07 Å². The third-order valence-electron chi connectivity index (χ3n) is 2.01. The number of rotatable bonds is 1. The number of ether oxygens (including phenoxy) is 1. The van der Waals surface area contributed by atoms with E-state index in [-0.39, 0.29) is 11.1 Å². The average Bonchev–Trinajstić information content (AvgIpc) is 2.23. The Labute approximate surface area is 79.9 Å². The number of benzene rings is 1. The predicted molar refractivity (Wildman–Crippen MR) is 53.4 cm³/mol. The van der Waals surface area contributed by atoms with Gasteiger partial charge < -0.3 is 14.9 Å². The fraction of sp³-hybridized carbons (Fsp3) is 0.100. The second-order valence-electron chi connectivity index (χ2n) is 2.86. The summed E-state index contributed by atoms with van der Waals surface area (Å²) in [5.41, 5.74) is 5.73. The van der Waals surface area contributed by atoms with E-state index >= 15 is 0 Å². The number of anilines is 1. The van der Waals surface area contributed by atoms with Gasteiger partial charge in [-0.3, -0.25) is 4.79 Å². The molecule has 2 rings (SSSR count). The third-order valence-corrected chi connectivity index (χ3v) is 2.01. The lowest BCUT2D eigenvalue weighted by molar-refractivity contribution is 0.409. The molecular formula is C10H9NO3. The molecule has 2 N–H and O–H groups in total. The summed E-state index contributed by atoms with van der Waals surface area (Å²) in [6.45, 7) is 0. The van der Waals surface area contributed by atoms with Crippen LogP contribution in [0.15, 0.2) is 33.7 Å². The van der Waals surface area contributed by atoms with Gasteiger partial charge in [-0.25, -0.2) is 0 Å². The van der Waals surface area contributed by atoms with E-state index in [0.717, 1.165) is 0 Å². The molecule has 0 saturated carbocycles. The highest BCUT2D eigenvalue weighted by molar-refractivity contribution is 5.84. The maximum atomic E-state index is 11.6. The van der Waals surface area contributed by atoms with E-state index in [2.05, 4.69) is 0 Å². The predicted octanol–water partition coefficient (Wildman–Crippen LogP) is 1.38. The van der Waals surface area contributed by atoms with Gasteiger partial charge in [0.1, 0.15) is 12.0 Å². The highest BCUT2D eigenvalue weighted by Crippen LogP contribution is 2.23. The number of nitrogen functional groups attached to an aromatic ring is 1. The average molecular weight is 191 g/mol. The van der Waals surface area contributed by atoms with Gasteiger partial charge in [0.2, 0.25) is 5.43 Å². The maximum absolute atomic E-state index is 11.6.